The Hall–Kier alpha value is -3.68. The van der Waals surface area contributed by atoms with Crippen LogP contribution >= 0.6 is 0 Å². The fourth-order valence-electron chi connectivity index (χ4n) is 5.60. The van der Waals surface area contributed by atoms with Gasteiger partial charge in [-0.1, -0.05) is 42.5 Å². The minimum atomic E-state index is -0.119. The van der Waals surface area contributed by atoms with Gasteiger partial charge in [-0.15, -0.1) is 0 Å². The van der Waals surface area contributed by atoms with Crippen LogP contribution in [0.5, 0.6) is 11.5 Å². The molecule has 1 fully saturated rings. The highest BCUT2D eigenvalue weighted by atomic mass is 16.5. The van der Waals surface area contributed by atoms with E-state index >= 15 is 0 Å². The Morgan fingerprint density at radius 3 is 2.60 bits per heavy atom. The highest BCUT2D eigenvalue weighted by molar-refractivity contribution is 6.15. The predicted octanol–water partition coefficient (Wildman–Crippen LogP) is 5.07. The van der Waals surface area contributed by atoms with Crippen molar-refractivity contribution in [1.29, 1.82) is 0 Å². The molecule has 0 aromatic heterocycles. The standard InChI is InChI=1S/C33H39N3O4/c1-5-40-31-17-26-27(18-30(31)38-4)32(35-29-15-16-36(3)19-28(26)29)24-11-13-25(14-12-24)33(37)34-22(2)20-39-21-23-9-7-6-8-10-23/h6-14,17-18,22,28-29H,5,15-16,19-21H2,1-4H3,(H,34,37)/t22-,28+,29+/m0/s1. The van der Waals surface area contributed by atoms with E-state index in [0.717, 1.165) is 47.7 Å². The molecular weight excluding hydrogens is 502 g/mol. The zero-order valence-electron chi connectivity index (χ0n) is 23.9. The van der Waals surface area contributed by atoms with Crippen LogP contribution in [0.1, 0.15) is 58.8 Å². The third kappa shape index (κ3) is 6.21. The molecule has 3 atom stereocenters. The number of amides is 1. The maximum atomic E-state index is 12.9. The maximum Gasteiger partial charge on any atom is 0.251 e. The lowest BCUT2D eigenvalue weighted by Gasteiger charge is -2.39. The molecule has 7 heteroatoms. The van der Waals surface area contributed by atoms with Crippen LogP contribution in [-0.4, -0.2) is 69.1 Å². The Morgan fingerprint density at radius 1 is 1.10 bits per heavy atom. The average molecular weight is 542 g/mol. The van der Waals surface area contributed by atoms with Crippen molar-refractivity contribution in [3.05, 3.63) is 94.5 Å². The zero-order valence-corrected chi connectivity index (χ0v) is 23.9. The number of carbonyl (C=O) groups excluding carboxylic acids is 1. The van der Waals surface area contributed by atoms with Gasteiger partial charge in [0.1, 0.15) is 0 Å². The second-order valence-electron chi connectivity index (χ2n) is 10.7. The molecule has 7 nitrogen and oxygen atoms in total. The summed E-state index contributed by atoms with van der Waals surface area (Å²) in [6, 6.07) is 22.1. The van der Waals surface area contributed by atoms with Crippen molar-refractivity contribution >= 4 is 11.6 Å². The summed E-state index contributed by atoms with van der Waals surface area (Å²) in [5, 5.41) is 3.04. The van der Waals surface area contributed by atoms with Crippen LogP contribution in [0, 0.1) is 0 Å². The lowest BCUT2D eigenvalue weighted by molar-refractivity contribution is 0.0820. The second-order valence-corrected chi connectivity index (χ2v) is 10.7. The number of nitrogens with one attached hydrogen (secondary N) is 1. The fourth-order valence-corrected chi connectivity index (χ4v) is 5.60. The van der Waals surface area contributed by atoms with E-state index in [0.29, 0.717) is 37.1 Å². The lowest BCUT2D eigenvalue weighted by atomic mass is 9.79. The summed E-state index contributed by atoms with van der Waals surface area (Å²) in [5.41, 5.74) is 5.96. The summed E-state index contributed by atoms with van der Waals surface area (Å²) in [6.07, 6.45) is 1.00. The molecule has 0 aliphatic carbocycles. The Kier molecular flexibility index (Phi) is 8.82. The van der Waals surface area contributed by atoms with E-state index in [9.17, 15) is 4.79 Å². The van der Waals surface area contributed by atoms with Gasteiger partial charge in [-0.3, -0.25) is 9.79 Å². The Balaban J connectivity index is 1.32. The molecule has 0 radical (unpaired) electrons. The van der Waals surface area contributed by atoms with Crippen LogP contribution in [0.25, 0.3) is 0 Å². The summed E-state index contributed by atoms with van der Waals surface area (Å²) >= 11 is 0. The van der Waals surface area contributed by atoms with Crippen molar-refractivity contribution in [3.63, 3.8) is 0 Å². The number of piperidine rings is 1. The molecule has 1 saturated heterocycles. The molecule has 5 rings (SSSR count). The number of likely N-dealkylation sites (tertiary alicyclic amines) is 1. The van der Waals surface area contributed by atoms with E-state index in [1.54, 1.807) is 7.11 Å². The number of methoxy groups -OCH3 is 1. The van der Waals surface area contributed by atoms with Gasteiger partial charge in [-0.2, -0.15) is 0 Å². The molecule has 2 aliphatic rings. The van der Waals surface area contributed by atoms with Crippen molar-refractivity contribution in [3.8, 4) is 11.5 Å². The first-order valence-corrected chi connectivity index (χ1v) is 14.1. The normalized spacial score (nSPS) is 19.1. The van der Waals surface area contributed by atoms with Gasteiger partial charge in [0, 0.05) is 35.2 Å². The number of aliphatic imine (C=N–C) groups is 1. The van der Waals surface area contributed by atoms with Gasteiger partial charge in [0.15, 0.2) is 11.5 Å². The minimum absolute atomic E-state index is 0.112. The first-order valence-electron chi connectivity index (χ1n) is 14.1. The summed E-state index contributed by atoms with van der Waals surface area (Å²) < 4.78 is 17.4. The van der Waals surface area contributed by atoms with E-state index in [1.165, 1.54) is 5.56 Å². The fraction of sp³-hybridized carbons (Fsp3) is 0.394. The average Bonchev–Trinajstić information content (AvgIpc) is 2.97. The van der Waals surface area contributed by atoms with Gasteiger partial charge in [0.25, 0.3) is 5.91 Å². The first-order chi connectivity index (χ1) is 19.5. The molecular formula is C33H39N3O4. The van der Waals surface area contributed by atoms with Crippen molar-refractivity contribution in [2.45, 2.75) is 44.9 Å². The van der Waals surface area contributed by atoms with Crippen LogP contribution in [0.2, 0.25) is 0 Å². The molecule has 40 heavy (non-hydrogen) atoms. The number of hydrogen-bond donors (Lipinski definition) is 1. The highest BCUT2D eigenvalue weighted by Gasteiger charge is 2.36. The summed E-state index contributed by atoms with van der Waals surface area (Å²) in [7, 11) is 3.84. The summed E-state index contributed by atoms with van der Waals surface area (Å²) in [6.45, 7) is 7.45. The SMILES string of the molecule is CCOc1cc2c(cc1OC)C(c1ccc(C(=O)N[C@@H](C)COCc3ccccc3)cc1)=N[C@@H]1CCN(C)C[C@H]21. The van der Waals surface area contributed by atoms with E-state index in [2.05, 4.69) is 29.4 Å². The van der Waals surface area contributed by atoms with Gasteiger partial charge < -0.3 is 24.4 Å². The topological polar surface area (TPSA) is 72.4 Å². The van der Waals surface area contributed by atoms with Gasteiger partial charge in [-0.05, 0) is 69.3 Å². The number of hydrogen-bond acceptors (Lipinski definition) is 6. The van der Waals surface area contributed by atoms with Crippen molar-refractivity contribution < 1.29 is 19.0 Å². The van der Waals surface area contributed by atoms with Crippen LogP contribution in [0.3, 0.4) is 0 Å². The van der Waals surface area contributed by atoms with Gasteiger partial charge in [-0.25, -0.2) is 0 Å². The number of rotatable bonds is 10. The largest absolute Gasteiger partial charge is 0.493 e. The number of carbonyl (C=O) groups is 1. The Labute approximate surface area is 237 Å². The smallest absolute Gasteiger partial charge is 0.251 e. The maximum absolute atomic E-state index is 12.9. The van der Waals surface area contributed by atoms with Gasteiger partial charge in [0.2, 0.25) is 0 Å². The van der Waals surface area contributed by atoms with Crippen LogP contribution < -0.4 is 14.8 Å². The molecule has 2 heterocycles. The molecule has 0 saturated carbocycles. The Morgan fingerprint density at radius 2 is 1.88 bits per heavy atom. The molecule has 0 unspecified atom stereocenters. The second kappa shape index (κ2) is 12.7. The van der Waals surface area contributed by atoms with E-state index in [-0.39, 0.29) is 18.0 Å². The van der Waals surface area contributed by atoms with Crippen molar-refractivity contribution in [2.75, 3.05) is 40.5 Å². The van der Waals surface area contributed by atoms with E-state index < -0.39 is 0 Å². The number of fused-ring (bicyclic) bond motifs is 3. The molecule has 0 spiro atoms. The van der Waals surface area contributed by atoms with E-state index in [4.69, 9.17) is 19.2 Å². The minimum Gasteiger partial charge on any atom is -0.493 e. The molecule has 210 valence electrons. The van der Waals surface area contributed by atoms with Gasteiger partial charge in [0.05, 0.1) is 38.7 Å². The number of nitrogens with zero attached hydrogens (tertiary/aromatic N) is 2. The van der Waals surface area contributed by atoms with Crippen molar-refractivity contribution in [1.82, 2.24) is 10.2 Å². The van der Waals surface area contributed by atoms with Gasteiger partial charge >= 0.3 is 0 Å². The number of ether oxygens (including phenoxy) is 3. The number of likely N-dealkylation sites (N-methyl/N-ethyl adjacent to an activating group) is 1. The molecule has 3 aromatic rings. The monoisotopic (exact) mass is 541 g/mol. The first kappa shape index (κ1) is 27.9. The predicted molar refractivity (Wildman–Crippen MR) is 158 cm³/mol. The van der Waals surface area contributed by atoms with Crippen LogP contribution in [0.15, 0.2) is 71.7 Å². The molecule has 2 aliphatic heterocycles. The third-order valence-corrected chi connectivity index (χ3v) is 7.64. The molecule has 1 N–H and O–H groups in total. The highest BCUT2D eigenvalue weighted by Crippen LogP contribution is 2.42. The van der Waals surface area contributed by atoms with Crippen LogP contribution in [-0.2, 0) is 11.3 Å². The molecule has 0 bridgehead atoms. The quantitative estimate of drug-likeness (QED) is 0.388. The molecule has 3 aromatic carbocycles. The lowest BCUT2D eigenvalue weighted by Crippen LogP contribution is -2.41. The number of benzene rings is 3. The summed E-state index contributed by atoms with van der Waals surface area (Å²) in [5.74, 6) is 1.66. The van der Waals surface area contributed by atoms with E-state index in [1.807, 2.05) is 68.4 Å². The van der Waals surface area contributed by atoms with Crippen LogP contribution in [0.4, 0.5) is 0 Å². The molecule has 1 amide bonds. The van der Waals surface area contributed by atoms with Crippen molar-refractivity contribution in [2.24, 2.45) is 4.99 Å². The summed E-state index contributed by atoms with van der Waals surface area (Å²) in [4.78, 5) is 20.6. The Bertz CT molecular complexity index is 1340. The third-order valence-electron chi connectivity index (χ3n) is 7.64. The zero-order chi connectivity index (χ0) is 28.1.